The van der Waals surface area contributed by atoms with E-state index in [4.69, 9.17) is 9.84 Å². The van der Waals surface area contributed by atoms with E-state index in [9.17, 15) is 9.18 Å². The number of benzene rings is 1. The van der Waals surface area contributed by atoms with Gasteiger partial charge >= 0.3 is 5.97 Å². The Kier molecular flexibility index (Phi) is 4.52. The molecule has 0 aliphatic rings. The highest BCUT2D eigenvalue weighted by atomic mass is 19.1. The van der Waals surface area contributed by atoms with Crippen molar-refractivity contribution < 1.29 is 19.0 Å². The predicted octanol–water partition coefficient (Wildman–Crippen LogP) is 3.55. The lowest BCUT2D eigenvalue weighted by molar-refractivity contribution is 0.0695. The fraction of sp³-hybridized carbons (Fsp3) is 0.250. The summed E-state index contributed by atoms with van der Waals surface area (Å²) >= 11 is 0. The second-order valence-electron chi connectivity index (χ2n) is 4.60. The molecule has 21 heavy (non-hydrogen) atoms. The third-order valence-electron chi connectivity index (χ3n) is 3.14. The van der Waals surface area contributed by atoms with Gasteiger partial charge in [0.25, 0.3) is 0 Å². The molecule has 2 aromatic rings. The fourth-order valence-corrected chi connectivity index (χ4v) is 2.11. The Morgan fingerprint density at radius 2 is 2.10 bits per heavy atom. The number of hydrogen-bond donors (Lipinski definition) is 1. The topological polar surface area (TPSA) is 59.4 Å². The van der Waals surface area contributed by atoms with Crippen molar-refractivity contribution in [3.8, 4) is 17.0 Å². The van der Waals surface area contributed by atoms with E-state index in [0.29, 0.717) is 23.4 Å². The maximum Gasteiger partial charge on any atom is 0.337 e. The van der Waals surface area contributed by atoms with Crippen LogP contribution in [0.4, 0.5) is 4.39 Å². The summed E-state index contributed by atoms with van der Waals surface area (Å²) in [5.74, 6) is -1.32. The molecule has 0 bridgehead atoms. The molecule has 1 aromatic carbocycles. The zero-order chi connectivity index (χ0) is 15.4. The smallest absolute Gasteiger partial charge is 0.337 e. The Morgan fingerprint density at radius 1 is 1.33 bits per heavy atom. The van der Waals surface area contributed by atoms with Crippen LogP contribution in [0.2, 0.25) is 0 Å². The van der Waals surface area contributed by atoms with Gasteiger partial charge in [-0.3, -0.25) is 4.98 Å². The molecule has 0 spiro atoms. The number of pyridine rings is 1. The van der Waals surface area contributed by atoms with Crippen molar-refractivity contribution in [1.29, 1.82) is 0 Å². The number of carboxylic acid groups (broad SMARTS) is 1. The molecule has 2 rings (SSSR count). The van der Waals surface area contributed by atoms with Crippen LogP contribution in [0.3, 0.4) is 0 Å². The monoisotopic (exact) mass is 289 g/mol. The van der Waals surface area contributed by atoms with Gasteiger partial charge in [-0.05, 0) is 36.8 Å². The number of rotatable bonds is 5. The molecule has 0 saturated carbocycles. The minimum absolute atomic E-state index is 0.162. The Labute approximate surface area is 122 Å². The Balaban J connectivity index is 2.47. The van der Waals surface area contributed by atoms with Crippen molar-refractivity contribution in [3.63, 3.8) is 0 Å². The van der Waals surface area contributed by atoms with Crippen molar-refractivity contribution in [2.75, 3.05) is 7.11 Å². The number of aromatic nitrogens is 1. The Bertz CT molecular complexity index is 671. The summed E-state index contributed by atoms with van der Waals surface area (Å²) in [5, 5.41) is 9.15. The number of nitrogens with zero attached hydrogens (tertiary/aromatic N) is 1. The largest absolute Gasteiger partial charge is 0.494 e. The van der Waals surface area contributed by atoms with Gasteiger partial charge in [-0.15, -0.1) is 0 Å². The van der Waals surface area contributed by atoms with Gasteiger partial charge in [0, 0.05) is 5.56 Å². The van der Waals surface area contributed by atoms with Crippen molar-refractivity contribution in [2.24, 2.45) is 0 Å². The summed E-state index contributed by atoms with van der Waals surface area (Å²) in [7, 11) is 1.40. The quantitative estimate of drug-likeness (QED) is 0.914. The Hall–Kier alpha value is -2.43. The minimum Gasteiger partial charge on any atom is -0.494 e. The summed E-state index contributed by atoms with van der Waals surface area (Å²) in [6, 6.07) is 7.65. The second-order valence-corrected chi connectivity index (χ2v) is 4.60. The molecule has 0 amide bonds. The van der Waals surface area contributed by atoms with Gasteiger partial charge in [0.1, 0.15) is 0 Å². The first-order valence-corrected chi connectivity index (χ1v) is 6.64. The van der Waals surface area contributed by atoms with Crippen LogP contribution in [-0.4, -0.2) is 23.2 Å². The summed E-state index contributed by atoms with van der Waals surface area (Å²) in [6.07, 6.45) is 1.35. The van der Waals surface area contributed by atoms with Crippen LogP contribution >= 0.6 is 0 Å². The number of aryl methyl sites for hydroxylation is 1. The van der Waals surface area contributed by atoms with Crippen molar-refractivity contribution in [1.82, 2.24) is 4.98 Å². The number of carboxylic acids is 1. The van der Waals surface area contributed by atoms with E-state index in [1.54, 1.807) is 12.1 Å². The van der Waals surface area contributed by atoms with Crippen LogP contribution < -0.4 is 4.74 Å². The zero-order valence-electron chi connectivity index (χ0n) is 11.9. The molecule has 0 atom stereocenters. The summed E-state index contributed by atoms with van der Waals surface area (Å²) < 4.78 is 18.6. The number of methoxy groups -OCH3 is 1. The SMILES string of the molecule is CCCc1nc(-c2ccc(OC)c(F)c2)ccc1C(=O)O. The molecule has 0 radical (unpaired) electrons. The normalized spacial score (nSPS) is 10.4. The van der Waals surface area contributed by atoms with E-state index in [1.807, 2.05) is 6.92 Å². The molecule has 110 valence electrons. The van der Waals surface area contributed by atoms with Crippen LogP contribution in [0, 0.1) is 5.82 Å². The molecular weight excluding hydrogens is 273 g/mol. The van der Waals surface area contributed by atoms with Crippen LogP contribution in [0.1, 0.15) is 29.4 Å². The van der Waals surface area contributed by atoms with Crippen LogP contribution in [0.5, 0.6) is 5.75 Å². The lowest BCUT2D eigenvalue weighted by atomic mass is 10.1. The van der Waals surface area contributed by atoms with Gasteiger partial charge in [-0.1, -0.05) is 13.3 Å². The highest BCUT2D eigenvalue weighted by molar-refractivity contribution is 5.89. The number of ether oxygens (including phenoxy) is 1. The van der Waals surface area contributed by atoms with E-state index in [0.717, 1.165) is 6.42 Å². The highest BCUT2D eigenvalue weighted by Gasteiger charge is 2.13. The average molecular weight is 289 g/mol. The maximum atomic E-state index is 13.7. The lowest BCUT2D eigenvalue weighted by Crippen LogP contribution is -2.05. The summed E-state index contributed by atoms with van der Waals surface area (Å²) in [5.41, 5.74) is 1.83. The van der Waals surface area contributed by atoms with Gasteiger partial charge in [0.15, 0.2) is 11.6 Å². The predicted molar refractivity (Wildman–Crippen MR) is 77.1 cm³/mol. The van der Waals surface area contributed by atoms with Gasteiger partial charge in [-0.25, -0.2) is 9.18 Å². The molecule has 1 N–H and O–H groups in total. The van der Waals surface area contributed by atoms with Crippen LogP contribution in [0.15, 0.2) is 30.3 Å². The molecule has 1 heterocycles. The molecule has 0 fully saturated rings. The molecule has 1 aromatic heterocycles. The first kappa shape index (κ1) is 15.0. The fourth-order valence-electron chi connectivity index (χ4n) is 2.11. The molecular formula is C16H16FNO3. The van der Waals surface area contributed by atoms with Crippen LogP contribution in [0.25, 0.3) is 11.3 Å². The van der Waals surface area contributed by atoms with E-state index >= 15 is 0 Å². The van der Waals surface area contributed by atoms with Gasteiger partial charge in [0.05, 0.1) is 24.1 Å². The second kappa shape index (κ2) is 6.35. The third-order valence-corrected chi connectivity index (χ3v) is 3.14. The molecule has 0 aliphatic heterocycles. The van der Waals surface area contributed by atoms with Gasteiger partial charge in [-0.2, -0.15) is 0 Å². The molecule has 0 unspecified atom stereocenters. The lowest BCUT2D eigenvalue weighted by Gasteiger charge is -2.09. The maximum absolute atomic E-state index is 13.7. The summed E-state index contributed by atoms with van der Waals surface area (Å²) in [6.45, 7) is 1.95. The number of aromatic carboxylic acids is 1. The summed E-state index contributed by atoms with van der Waals surface area (Å²) in [4.78, 5) is 15.5. The standard InChI is InChI=1S/C16H16FNO3/c1-3-4-14-11(16(19)20)6-7-13(18-14)10-5-8-15(21-2)12(17)9-10/h5-9H,3-4H2,1-2H3,(H,19,20). The number of halogens is 1. The molecule has 5 heteroatoms. The molecule has 0 saturated heterocycles. The van der Waals surface area contributed by atoms with Gasteiger partial charge in [0.2, 0.25) is 0 Å². The van der Waals surface area contributed by atoms with E-state index in [-0.39, 0.29) is 11.3 Å². The van der Waals surface area contributed by atoms with Crippen molar-refractivity contribution >= 4 is 5.97 Å². The number of carbonyl (C=O) groups is 1. The minimum atomic E-state index is -1.00. The van der Waals surface area contributed by atoms with E-state index in [2.05, 4.69) is 4.98 Å². The first-order chi connectivity index (χ1) is 10.1. The van der Waals surface area contributed by atoms with Gasteiger partial charge < -0.3 is 9.84 Å². The van der Waals surface area contributed by atoms with Crippen molar-refractivity contribution in [3.05, 3.63) is 47.4 Å². The molecule has 4 nitrogen and oxygen atoms in total. The van der Waals surface area contributed by atoms with Crippen molar-refractivity contribution in [2.45, 2.75) is 19.8 Å². The highest BCUT2D eigenvalue weighted by Crippen LogP contribution is 2.25. The van der Waals surface area contributed by atoms with E-state index < -0.39 is 11.8 Å². The Morgan fingerprint density at radius 3 is 2.67 bits per heavy atom. The number of hydrogen-bond acceptors (Lipinski definition) is 3. The third kappa shape index (κ3) is 3.18. The van der Waals surface area contributed by atoms with E-state index in [1.165, 1.54) is 25.3 Å². The average Bonchev–Trinajstić information content (AvgIpc) is 2.47. The molecule has 0 aliphatic carbocycles. The first-order valence-electron chi connectivity index (χ1n) is 6.64. The zero-order valence-corrected chi connectivity index (χ0v) is 11.9. The van der Waals surface area contributed by atoms with Crippen LogP contribution in [-0.2, 0) is 6.42 Å².